The maximum atomic E-state index is 12.2. The van der Waals surface area contributed by atoms with Crippen molar-refractivity contribution in [2.45, 2.75) is 4.90 Å². The Morgan fingerprint density at radius 2 is 1.41 bits per heavy atom. The minimum Gasteiger partial charge on any atom is -0.452 e. The van der Waals surface area contributed by atoms with Gasteiger partial charge in [-0.05, 0) is 25.2 Å². The fourth-order valence-corrected chi connectivity index (χ4v) is 3.54. The molecule has 3 aromatic rings. The van der Waals surface area contributed by atoms with Crippen molar-refractivity contribution in [2.75, 3.05) is 13.7 Å². The minimum absolute atomic E-state index is 0.00638. The number of hydrogen-bond donors (Lipinski definition) is 2. The van der Waals surface area contributed by atoms with Crippen LogP contribution < -0.4 is 10.1 Å². The molecule has 0 aliphatic heterocycles. The van der Waals surface area contributed by atoms with E-state index in [2.05, 4.69) is 15.2 Å². The lowest BCUT2D eigenvalue weighted by Crippen LogP contribution is -2.26. The summed E-state index contributed by atoms with van der Waals surface area (Å²) >= 11 is 0. The number of nitrogens with one attached hydrogen (secondary N) is 2. The summed E-state index contributed by atoms with van der Waals surface area (Å²) in [6, 6.07) is 24.0. The van der Waals surface area contributed by atoms with Crippen LogP contribution in [0.25, 0.3) is 0 Å². The maximum absolute atomic E-state index is 12.2. The van der Waals surface area contributed by atoms with Crippen LogP contribution in [0.5, 0.6) is 0 Å². The number of ether oxygens (including phenoxy) is 1. The zero-order valence-corrected chi connectivity index (χ0v) is 18.0. The highest BCUT2D eigenvalue weighted by Crippen LogP contribution is 2.12. The molecule has 0 radical (unpaired) electrons. The molecule has 0 bridgehead atoms. The molecule has 32 heavy (non-hydrogen) atoms. The first-order valence-corrected chi connectivity index (χ1v) is 11.1. The first kappa shape index (κ1) is 22.9. The lowest BCUT2D eigenvalue weighted by Gasteiger charge is -2.09. The Hall–Kier alpha value is -3.82. The topological polar surface area (TPSA) is 114 Å². The lowest BCUT2D eigenvalue weighted by molar-refractivity contribution is -0.124. The fraction of sp³-hybridized carbons (Fsp3) is 0.0870. The Morgan fingerprint density at radius 3 is 1.97 bits per heavy atom. The van der Waals surface area contributed by atoms with E-state index in [1.807, 2.05) is 60.7 Å². The van der Waals surface area contributed by atoms with Crippen LogP contribution in [0.4, 0.5) is 0 Å². The Bertz CT molecular complexity index is 1190. The van der Waals surface area contributed by atoms with E-state index in [4.69, 9.17) is 4.74 Å². The van der Waals surface area contributed by atoms with Crippen molar-refractivity contribution in [3.05, 3.63) is 102 Å². The van der Waals surface area contributed by atoms with Gasteiger partial charge in [0.05, 0.1) is 16.2 Å². The number of esters is 1. The molecule has 0 aromatic heterocycles. The zero-order valence-electron chi connectivity index (χ0n) is 17.2. The predicted octanol–water partition coefficient (Wildman–Crippen LogP) is 2.32. The van der Waals surface area contributed by atoms with Crippen LogP contribution in [0, 0.1) is 0 Å². The Balaban J connectivity index is 1.68. The van der Waals surface area contributed by atoms with Crippen LogP contribution in [-0.4, -0.2) is 39.7 Å². The van der Waals surface area contributed by atoms with Gasteiger partial charge in [-0.1, -0.05) is 66.7 Å². The van der Waals surface area contributed by atoms with E-state index in [9.17, 15) is 18.0 Å². The van der Waals surface area contributed by atoms with Gasteiger partial charge in [0.15, 0.2) is 6.61 Å². The summed E-state index contributed by atoms with van der Waals surface area (Å²) < 4.78 is 30.9. The first-order valence-electron chi connectivity index (χ1n) is 9.59. The third-order valence-electron chi connectivity index (χ3n) is 4.37. The SMILES string of the molecule is CNS(=O)(=O)c1cccc(C(=O)OCC(=O)NN=C(c2ccccc2)c2ccccc2)c1. The van der Waals surface area contributed by atoms with E-state index in [-0.39, 0.29) is 10.5 Å². The average Bonchev–Trinajstić information content (AvgIpc) is 2.84. The van der Waals surface area contributed by atoms with Crippen LogP contribution in [0.15, 0.2) is 94.9 Å². The lowest BCUT2D eigenvalue weighted by atomic mass is 10.0. The van der Waals surface area contributed by atoms with Crippen molar-refractivity contribution in [3.8, 4) is 0 Å². The second kappa shape index (κ2) is 10.5. The molecular formula is C23H21N3O5S. The van der Waals surface area contributed by atoms with Gasteiger partial charge in [0.25, 0.3) is 5.91 Å². The number of carbonyl (C=O) groups is 2. The van der Waals surface area contributed by atoms with Crippen molar-refractivity contribution < 1.29 is 22.7 Å². The van der Waals surface area contributed by atoms with Gasteiger partial charge in [-0.3, -0.25) is 4.79 Å². The maximum Gasteiger partial charge on any atom is 0.338 e. The number of amides is 1. The van der Waals surface area contributed by atoms with E-state index in [1.54, 1.807) is 0 Å². The Morgan fingerprint density at radius 1 is 0.844 bits per heavy atom. The molecule has 1 amide bonds. The molecule has 0 atom stereocenters. The molecule has 3 rings (SSSR count). The molecule has 0 aliphatic rings. The summed E-state index contributed by atoms with van der Waals surface area (Å²) in [4.78, 5) is 24.4. The van der Waals surface area contributed by atoms with Gasteiger partial charge in [0.2, 0.25) is 10.0 Å². The van der Waals surface area contributed by atoms with E-state index >= 15 is 0 Å². The molecule has 0 saturated heterocycles. The molecular weight excluding hydrogens is 430 g/mol. The van der Waals surface area contributed by atoms with E-state index < -0.39 is 28.5 Å². The summed E-state index contributed by atoms with van der Waals surface area (Å²) in [6.07, 6.45) is 0. The molecule has 0 fully saturated rings. The van der Waals surface area contributed by atoms with Crippen LogP contribution in [0.1, 0.15) is 21.5 Å². The highest BCUT2D eigenvalue weighted by atomic mass is 32.2. The van der Waals surface area contributed by atoms with Crippen LogP contribution in [0.2, 0.25) is 0 Å². The third-order valence-corrected chi connectivity index (χ3v) is 5.78. The van der Waals surface area contributed by atoms with Crippen molar-refractivity contribution in [2.24, 2.45) is 5.10 Å². The third kappa shape index (κ3) is 5.87. The first-order chi connectivity index (χ1) is 15.4. The van der Waals surface area contributed by atoms with Gasteiger partial charge in [-0.2, -0.15) is 5.10 Å². The van der Waals surface area contributed by atoms with Crippen LogP contribution in [0.3, 0.4) is 0 Å². The predicted molar refractivity (Wildman–Crippen MR) is 120 cm³/mol. The normalized spacial score (nSPS) is 10.8. The van der Waals surface area contributed by atoms with Gasteiger partial charge in [0.1, 0.15) is 0 Å². The summed E-state index contributed by atoms with van der Waals surface area (Å²) in [5.74, 6) is -1.47. The van der Waals surface area contributed by atoms with Gasteiger partial charge >= 0.3 is 5.97 Å². The number of sulfonamides is 1. The molecule has 0 spiro atoms. The molecule has 2 N–H and O–H groups in total. The minimum atomic E-state index is -3.71. The number of nitrogens with zero attached hydrogens (tertiary/aromatic N) is 1. The van der Waals surface area contributed by atoms with Crippen molar-refractivity contribution >= 4 is 27.6 Å². The molecule has 9 heteroatoms. The average molecular weight is 452 g/mol. The van der Waals surface area contributed by atoms with Crippen molar-refractivity contribution in [1.29, 1.82) is 0 Å². The summed E-state index contributed by atoms with van der Waals surface area (Å²) in [5.41, 5.74) is 4.56. The molecule has 164 valence electrons. The van der Waals surface area contributed by atoms with E-state index in [0.717, 1.165) is 11.1 Å². The molecule has 0 heterocycles. The van der Waals surface area contributed by atoms with Crippen molar-refractivity contribution in [3.63, 3.8) is 0 Å². The van der Waals surface area contributed by atoms with E-state index in [0.29, 0.717) is 5.71 Å². The molecule has 0 unspecified atom stereocenters. The summed E-state index contributed by atoms with van der Waals surface area (Å²) in [5, 5.41) is 4.21. The van der Waals surface area contributed by atoms with Gasteiger partial charge in [-0.15, -0.1) is 0 Å². The number of carbonyl (C=O) groups excluding carboxylic acids is 2. The highest BCUT2D eigenvalue weighted by molar-refractivity contribution is 7.89. The molecule has 0 saturated carbocycles. The number of hydrazone groups is 1. The zero-order chi connectivity index (χ0) is 23.0. The smallest absolute Gasteiger partial charge is 0.338 e. The molecule has 0 aliphatic carbocycles. The number of rotatable bonds is 8. The molecule has 8 nitrogen and oxygen atoms in total. The van der Waals surface area contributed by atoms with Gasteiger partial charge in [0, 0.05) is 11.1 Å². The second-order valence-electron chi connectivity index (χ2n) is 6.54. The van der Waals surface area contributed by atoms with E-state index in [1.165, 1.54) is 31.3 Å². The largest absolute Gasteiger partial charge is 0.452 e. The summed E-state index contributed by atoms with van der Waals surface area (Å²) in [6.45, 7) is -0.581. The van der Waals surface area contributed by atoms with Gasteiger partial charge < -0.3 is 4.74 Å². The summed E-state index contributed by atoms with van der Waals surface area (Å²) in [7, 11) is -2.44. The highest BCUT2D eigenvalue weighted by Gasteiger charge is 2.16. The van der Waals surface area contributed by atoms with Crippen LogP contribution in [-0.2, 0) is 19.6 Å². The monoisotopic (exact) mass is 451 g/mol. The van der Waals surface area contributed by atoms with Crippen molar-refractivity contribution in [1.82, 2.24) is 10.1 Å². The quantitative estimate of drug-likeness (QED) is 0.310. The number of hydrogen-bond acceptors (Lipinski definition) is 6. The Labute approximate surface area is 186 Å². The number of benzene rings is 3. The Kier molecular flexibility index (Phi) is 7.48. The second-order valence-corrected chi connectivity index (χ2v) is 8.43. The fourth-order valence-electron chi connectivity index (χ4n) is 2.76. The standard InChI is InChI=1S/C23H21N3O5S/c1-24-32(29,30)20-14-8-13-19(15-20)23(28)31-16-21(27)25-26-22(17-9-4-2-5-10-17)18-11-6-3-7-12-18/h2-15,24H,16H2,1H3,(H,25,27). The van der Waals surface area contributed by atoms with Gasteiger partial charge in [-0.25, -0.2) is 23.4 Å². The van der Waals surface area contributed by atoms with Crippen LogP contribution >= 0.6 is 0 Å². The molecule has 3 aromatic carbocycles.